The topological polar surface area (TPSA) is 68.8 Å². The zero-order valence-corrected chi connectivity index (χ0v) is 21.7. The third-order valence-corrected chi connectivity index (χ3v) is 7.78. The summed E-state index contributed by atoms with van der Waals surface area (Å²) in [4.78, 5) is 35.2. The Hall–Kier alpha value is -3.11. The van der Waals surface area contributed by atoms with Gasteiger partial charge in [-0.1, -0.05) is 23.7 Å². The van der Waals surface area contributed by atoms with E-state index in [0.717, 1.165) is 43.4 Å². The molecular weight excluding hydrogens is 519 g/mol. The van der Waals surface area contributed by atoms with Crippen LogP contribution in [0, 0.1) is 0 Å². The standard InChI is InChI=1S/C27H29ClF3N5O2/c1-17(37)33-20-3-7-25(32-13-20)36-21-4-5-22(36)15-34(14-21)16-26(38)35-10-8-18(9-11-35)19-2-6-24(28)23(12-19)27(29,30)31/h2-3,6-8,12-13,21-22H,4-5,9-11,14-16H2,1H3,(H,33,37). The molecule has 202 valence electrons. The predicted octanol–water partition coefficient (Wildman–Crippen LogP) is 4.68. The number of carbonyl (C=O) groups is 2. The van der Waals surface area contributed by atoms with Crippen molar-refractivity contribution < 1.29 is 22.8 Å². The summed E-state index contributed by atoms with van der Waals surface area (Å²) in [5.74, 6) is 0.763. The molecule has 1 aromatic carbocycles. The molecule has 2 fully saturated rings. The van der Waals surface area contributed by atoms with Crippen molar-refractivity contribution in [2.75, 3.05) is 42.9 Å². The van der Waals surface area contributed by atoms with Crippen LogP contribution in [-0.4, -0.2) is 71.4 Å². The number of rotatable bonds is 5. The lowest BCUT2D eigenvalue weighted by atomic mass is 9.97. The molecule has 0 radical (unpaired) electrons. The van der Waals surface area contributed by atoms with Gasteiger partial charge in [0.1, 0.15) is 5.82 Å². The summed E-state index contributed by atoms with van der Waals surface area (Å²) in [6.45, 7) is 4.13. The molecule has 3 aliphatic rings. The van der Waals surface area contributed by atoms with E-state index in [0.29, 0.717) is 37.3 Å². The minimum Gasteiger partial charge on any atom is -0.348 e. The van der Waals surface area contributed by atoms with Crippen molar-refractivity contribution in [1.82, 2.24) is 14.8 Å². The highest BCUT2D eigenvalue weighted by Crippen LogP contribution is 2.37. The van der Waals surface area contributed by atoms with Crippen LogP contribution in [0.3, 0.4) is 0 Å². The second-order valence-electron chi connectivity index (χ2n) is 10.1. The molecule has 2 unspecified atom stereocenters. The lowest BCUT2D eigenvalue weighted by Crippen LogP contribution is -2.56. The Bertz CT molecular complexity index is 1240. The monoisotopic (exact) mass is 547 g/mol. The van der Waals surface area contributed by atoms with Gasteiger partial charge in [0.05, 0.1) is 29.0 Å². The molecule has 1 N–H and O–H groups in total. The van der Waals surface area contributed by atoms with E-state index >= 15 is 0 Å². The lowest BCUT2D eigenvalue weighted by molar-refractivity contribution is -0.137. The first-order valence-electron chi connectivity index (χ1n) is 12.7. The molecule has 0 aliphatic carbocycles. The van der Waals surface area contributed by atoms with Crippen LogP contribution in [0.5, 0.6) is 0 Å². The van der Waals surface area contributed by atoms with Crippen molar-refractivity contribution in [3.63, 3.8) is 0 Å². The minimum atomic E-state index is -4.51. The number of hydrogen-bond donors (Lipinski definition) is 1. The molecule has 3 aliphatic heterocycles. The Morgan fingerprint density at radius 1 is 1.13 bits per heavy atom. The van der Waals surface area contributed by atoms with Gasteiger partial charge in [-0.05, 0) is 54.7 Å². The Kier molecular flexibility index (Phi) is 7.37. The van der Waals surface area contributed by atoms with E-state index in [9.17, 15) is 22.8 Å². The van der Waals surface area contributed by atoms with Gasteiger partial charge in [0.2, 0.25) is 11.8 Å². The van der Waals surface area contributed by atoms with Crippen LogP contribution in [0.2, 0.25) is 5.02 Å². The van der Waals surface area contributed by atoms with Crippen molar-refractivity contribution in [3.8, 4) is 0 Å². The van der Waals surface area contributed by atoms with Gasteiger partial charge in [0.15, 0.2) is 0 Å². The largest absolute Gasteiger partial charge is 0.417 e. The number of halogens is 4. The first-order chi connectivity index (χ1) is 18.1. The SMILES string of the molecule is CC(=O)Nc1ccc(N2C3CCC2CN(CC(=O)N2CC=C(c4ccc(Cl)c(C(F)(F)F)c4)CC2)C3)nc1. The van der Waals surface area contributed by atoms with Crippen LogP contribution in [-0.2, 0) is 15.8 Å². The third-order valence-electron chi connectivity index (χ3n) is 7.45. The van der Waals surface area contributed by atoms with Gasteiger partial charge in [-0.15, -0.1) is 0 Å². The first-order valence-corrected chi connectivity index (χ1v) is 13.0. The molecule has 2 bridgehead atoms. The van der Waals surface area contributed by atoms with Crippen molar-refractivity contribution >= 4 is 40.5 Å². The maximum Gasteiger partial charge on any atom is 0.417 e. The number of amides is 2. The average Bonchev–Trinajstić information content (AvgIpc) is 3.13. The van der Waals surface area contributed by atoms with E-state index in [-0.39, 0.29) is 28.9 Å². The number of alkyl halides is 3. The fourth-order valence-corrected chi connectivity index (χ4v) is 5.93. The quantitative estimate of drug-likeness (QED) is 0.589. The summed E-state index contributed by atoms with van der Waals surface area (Å²) in [5, 5.41) is 2.41. The second-order valence-corrected chi connectivity index (χ2v) is 10.5. The fraction of sp³-hybridized carbons (Fsp3) is 0.444. The van der Waals surface area contributed by atoms with Crippen LogP contribution >= 0.6 is 11.6 Å². The zero-order chi connectivity index (χ0) is 27.0. The number of anilines is 2. The highest BCUT2D eigenvalue weighted by atomic mass is 35.5. The molecular formula is C27H29ClF3N5O2. The molecule has 2 saturated heterocycles. The van der Waals surface area contributed by atoms with E-state index in [2.05, 4.69) is 20.1 Å². The minimum absolute atomic E-state index is 0.0259. The van der Waals surface area contributed by atoms with Gasteiger partial charge >= 0.3 is 6.18 Å². The molecule has 38 heavy (non-hydrogen) atoms. The van der Waals surface area contributed by atoms with Gasteiger partial charge in [-0.3, -0.25) is 14.5 Å². The van der Waals surface area contributed by atoms with Gasteiger partial charge in [-0.2, -0.15) is 13.2 Å². The van der Waals surface area contributed by atoms with Gasteiger partial charge in [0.25, 0.3) is 0 Å². The number of fused-ring (bicyclic) bond motifs is 2. The van der Waals surface area contributed by atoms with E-state index in [1.54, 1.807) is 17.2 Å². The number of nitrogens with one attached hydrogen (secondary N) is 1. The first kappa shape index (κ1) is 26.5. The number of nitrogens with zero attached hydrogens (tertiary/aromatic N) is 4. The number of hydrogen-bond acceptors (Lipinski definition) is 5. The Morgan fingerprint density at radius 3 is 2.45 bits per heavy atom. The van der Waals surface area contributed by atoms with E-state index in [1.165, 1.54) is 13.0 Å². The number of benzene rings is 1. The van der Waals surface area contributed by atoms with Crippen LogP contribution in [0.25, 0.3) is 5.57 Å². The van der Waals surface area contributed by atoms with Crippen LogP contribution in [0.15, 0.2) is 42.6 Å². The second kappa shape index (κ2) is 10.6. The Labute approximate surface area is 224 Å². The predicted molar refractivity (Wildman–Crippen MR) is 140 cm³/mol. The molecule has 0 saturated carbocycles. The Balaban J connectivity index is 1.17. The van der Waals surface area contributed by atoms with Crippen LogP contribution < -0.4 is 10.2 Å². The van der Waals surface area contributed by atoms with E-state index in [1.807, 2.05) is 18.2 Å². The molecule has 4 heterocycles. The molecule has 5 rings (SSSR count). The Morgan fingerprint density at radius 2 is 1.87 bits per heavy atom. The number of likely N-dealkylation sites (tertiary alicyclic amines) is 1. The zero-order valence-electron chi connectivity index (χ0n) is 21.0. The normalized spacial score (nSPS) is 21.9. The molecule has 2 atom stereocenters. The molecule has 1 aromatic heterocycles. The van der Waals surface area contributed by atoms with Crippen molar-refractivity contribution in [2.24, 2.45) is 0 Å². The summed E-state index contributed by atoms with van der Waals surface area (Å²) in [6.07, 6.45) is 1.54. The number of carbonyl (C=O) groups excluding carboxylic acids is 2. The maximum atomic E-state index is 13.2. The number of pyridine rings is 1. The molecule has 11 heteroatoms. The highest BCUT2D eigenvalue weighted by Gasteiger charge is 2.41. The van der Waals surface area contributed by atoms with Crippen LogP contribution in [0.1, 0.15) is 37.3 Å². The van der Waals surface area contributed by atoms with E-state index < -0.39 is 11.7 Å². The summed E-state index contributed by atoms with van der Waals surface area (Å²) < 4.78 is 39.7. The maximum absolute atomic E-state index is 13.2. The van der Waals surface area contributed by atoms with Crippen molar-refractivity contribution in [2.45, 2.75) is 44.4 Å². The van der Waals surface area contributed by atoms with E-state index in [4.69, 9.17) is 11.6 Å². The molecule has 7 nitrogen and oxygen atoms in total. The molecule has 2 aromatic rings. The summed E-state index contributed by atoms with van der Waals surface area (Å²) >= 11 is 5.75. The summed E-state index contributed by atoms with van der Waals surface area (Å²) in [5.41, 5.74) is 1.09. The fourth-order valence-electron chi connectivity index (χ4n) is 5.70. The van der Waals surface area contributed by atoms with Crippen molar-refractivity contribution in [3.05, 3.63) is 58.8 Å². The summed E-state index contributed by atoms with van der Waals surface area (Å²) in [7, 11) is 0. The third kappa shape index (κ3) is 5.66. The number of piperazine rings is 1. The van der Waals surface area contributed by atoms with Crippen molar-refractivity contribution in [1.29, 1.82) is 0 Å². The molecule has 2 amide bonds. The van der Waals surface area contributed by atoms with Gasteiger partial charge in [-0.25, -0.2) is 4.98 Å². The van der Waals surface area contributed by atoms with Gasteiger partial charge < -0.3 is 15.1 Å². The average molecular weight is 548 g/mol. The molecule has 0 spiro atoms. The smallest absolute Gasteiger partial charge is 0.348 e. The number of aromatic nitrogens is 1. The lowest BCUT2D eigenvalue weighted by Gasteiger charge is -2.42. The van der Waals surface area contributed by atoms with Crippen LogP contribution in [0.4, 0.5) is 24.7 Å². The highest BCUT2D eigenvalue weighted by molar-refractivity contribution is 6.31. The van der Waals surface area contributed by atoms with Gasteiger partial charge in [0, 0.05) is 45.2 Å². The summed E-state index contributed by atoms with van der Waals surface area (Å²) in [6, 6.07) is 8.27.